The number of hydrogen-bond acceptors (Lipinski definition) is 3. The van der Waals surface area contributed by atoms with Crippen molar-refractivity contribution in [3.63, 3.8) is 0 Å². The van der Waals surface area contributed by atoms with E-state index in [9.17, 15) is 18.0 Å². The number of nitrogens with zero attached hydrogens (tertiary/aromatic N) is 1. The zero-order valence-electron chi connectivity index (χ0n) is 16.9. The molecule has 0 fully saturated rings. The van der Waals surface area contributed by atoms with Gasteiger partial charge >= 0.3 is 0 Å². The van der Waals surface area contributed by atoms with Gasteiger partial charge in [-0.25, -0.2) is 13.2 Å². The Morgan fingerprint density at radius 2 is 1.83 bits per heavy atom. The topological polar surface area (TPSA) is 57.8 Å². The third kappa shape index (κ3) is 3.72. The molecule has 2 N–H and O–H groups in total. The predicted octanol–water partition coefficient (Wildman–Crippen LogP) is 6.23. The molecule has 4 nitrogen and oxygen atoms in total. The summed E-state index contributed by atoms with van der Waals surface area (Å²) in [5.74, 6) is -4.33. The highest BCUT2D eigenvalue weighted by Gasteiger charge is 2.36. The number of rotatable bonds is 4. The van der Waals surface area contributed by atoms with Crippen LogP contribution >= 0.6 is 0 Å². The summed E-state index contributed by atoms with van der Waals surface area (Å²) in [4.78, 5) is 20.4. The maximum atomic E-state index is 13.9. The van der Waals surface area contributed by atoms with Crippen molar-refractivity contribution in [1.82, 2.24) is 9.97 Å². The molecule has 0 unspecified atom stereocenters. The first-order valence-corrected chi connectivity index (χ1v) is 9.68. The molecule has 0 radical (unpaired) electrons. The summed E-state index contributed by atoms with van der Waals surface area (Å²) in [5.41, 5.74) is 2.70. The first-order chi connectivity index (χ1) is 14.0. The first kappa shape index (κ1) is 20.2. The number of pyridine rings is 1. The summed E-state index contributed by atoms with van der Waals surface area (Å²) in [6.45, 7) is 4.72. The quantitative estimate of drug-likeness (QED) is 0.533. The largest absolute Gasteiger partial charge is 0.356 e. The molecule has 0 saturated carbocycles. The molecule has 0 saturated heterocycles. The number of benzene rings is 1. The van der Waals surface area contributed by atoms with Crippen LogP contribution in [0.2, 0.25) is 0 Å². The maximum absolute atomic E-state index is 13.9. The van der Waals surface area contributed by atoms with Crippen LogP contribution in [0.25, 0.3) is 11.3 Å². The van der Waals surface area contributed by atoms with E-state index in [0.29, 0.717) is 36.7 Å². The number of halogens is 3. The van der Waals surface area contributed by atoms with Crippen LogP contribution < -0.4 is 5.32 Å². The van der Waals surface area contributed by atoms with Crippen molar-refractivity contribution in [3.8, 4) is 11.3 Å². The van der Waals surface area contributed by atoms with Crippen LogP contribution in [-0.2, 0) is 12.3 Å². The molecule has 3 aromatic rings. The van der Waals surface area contributed by atoms with Crippen molar-refractivity contribution < 1.29 is 18.0 Å². The molecule has 1 aliphatic rings. The van der Waals surface area contributed by atoms with E-state index in [1.165, 1.54) is 6.07 Å². The average molecular weight is 413 g/mol. The van der Waals surface area contributed by atoms with E-state index in [4.69, 9.17) is 0 Å². The number of carbonyl (C=O) groups excluding carboxylic acids is 1. The molecule has 0 aliphatic heterocycles. The van der Waals surface area contributed by atoms with Crippen molar-refractivity contribution in [2.24, 2.45) is 5.41 Å². The molecule has 2 heterocycles. The fourth-order valence-electron chi connectivity index (χ4n) is 4.00. The van der Waals surface area contributed by atoms with Crippen LogP contribution in [0.5, 0.6) is 0 Å². The highest BCUT2D eigenvalue weighted by atomic mass is 19.3. The summed E-state index contributed by atoms with van der Waals surface area (Å²) in [6.07, 6.45) is 4.33. The second-order valence-electron chi connectivity index (χ2n) is 8.61. The van der Waals surface area contributed by atoms with Crippen molar-refractivity contribution in [3.05, 3.63) is 65.4 Å². The summed E-state index contributed by atoms with van der Waals surface area (Å²) in [5, 5.41) is 3.10. The van der Waals surface area contributed by atoms with Crippen LogP contribution in [0.3, 0.4) is 0 Å². The van der Waals surface area contributed by atoms with Crippen LogP contribution in [0, 0.1) is 11.2 Å². The average Bonchev–Trinajstić information content (AvgIpc) is 3.00. The van der Waals surface area contributed by atoms with E-state index < -0.39 is 17.3 Å². The Balaban J connectivity index is 1.86. The van der Waals surface area contributed by atoms with Gasteiger partial charge in [-0.3, -0.25) is 9.78 Å². The smallest absolute Gasteiger partial charge is 0.273 e. The van der Waals surface area contributed by atoms with Crippen molar-refractivity contribution in [2.45, 2.75) is 39.5 Å². The van der Waals surface area contributed by atoms with Gasteiger partial charge in [0.1, 0.15) is 5.82 Å². The number of alkyl halides is 2. The lowest BCUT2D eigenvalue weighted by atomic mass is 9.76. The molecule has 0 atom stereocenters. The van der Waals surface area contributed by atoms with E-state index in [2.05, 4.69) is 15.3 Å². The zero-order chi connectivity index (χ0) is 21.7. The summed E-state index contributed by atoms with van der Waals surface area (Å²) < 4.78 is 41.5. The molecular formula is C23H22F3N3O. The van der Waals surface area contributed by atoms with E-state index >= 15 is 0 Å². The standard InChI is InChI=1S/C23H22F3N3O/c1-22(2)11-17-19(18(30)12-22)21(20(29-17)13-6-8-27-9-7-13)28-14-4-5-16(24)15(10-14)23(3,25)26/h4-10,28-29H,11-12H2,1-3H3. The number of aromatic nitrogens is 2. The zero-order valence-corrected chi connectivity index (χ0v) is 16.9. The van der Waals surface area contributed by atoms with E-state index in [1.54, 1.807) is 24.5 Å². The van der Waals surface area contributed by atoms with E-state index in [0.717, 1.165) is 23.4 Å². The molecule has 0 spiro atoms. The second-order valence-corrected chi connectivity index (χ2v) is 8.61. The predicted molar refractivity (Wildman–Crippen MR) is 110 cm³/mol. The SMILES string of the molecule is CC1(C)CC(=O)c2c([nH]c(-c3ccncc3)c2Nc2ccc(F)c(C(C)(F)F)c2)C1. The summed E-state index contributed by atoms with van der Waals surface area (Å²) >= 11 is 0. The normalized spacial score (nSPS) is 15.7. The molecule has 0 bridgehead atoms. The molecule has 0 amide bonds. The van der Waals surface area contributed by atoms with Crippen LogP contribution in [-0.4, -0.2) is 15.8 Å². The number of fused-ring (bicyclic) bond motifs is 1. The third-order valence-corrected chi connectivity index (χ3v) is 5.33. The highest BCUT2D eigenvalue weighted by Crippen LogP contribution is 2.43. The first-order valence-electron chi connectivity index (χ1n) is 9.68. The van der Waals surface area contributed by atoms with E-state index in [-0.39, 0.29) is 16.9 Å². The maximum Gasteiger partial charge on any atom is 0.273 e. The van der Waals surface area contributed by atoms with Gasteiger partial charge in [0.2, 0.25) is 0 Å². The Labute approximate surface area is 172 Å². The number of anilines is 2. The number of nitrogens with one attached hydrogen (secondary N) is 2. The lowest BCUT2D eigenvalue weighted by molar-refractivity contribution is 0.0138. The monoisotopic (exact) mass is 413 g/mol. The van der Waals surface area contributed by atoms with Gasteiger partial charge < -0.3 is 10.3 Å². The third-order valence-electron chi connectivity index (χ3n) is 5.33. The summed E-state index contributed by atoms with van der Waals surface area (Å²) in [6, 6.07) is 7.08. The molecule has 30 heavy (non-hydrogen) atoms. The van der Waals surface area contributed by atoms with Crippen molar-refractivity contribution in [2.75, 3.05) is 5.32 Å². The second kappa shape index (κ2) is 7.00. The Morgan fingerprint density at radius 1 is 1.13 bits per heavy atom. The molecule has 4 rings (SSSR count). The van der Waals surface area contributed by atoms with Gasteiger partial charge in [-0.15, -0.1) is 0 Å². The molecule has 156 valence electrons. The fourth-order valence-corrected chi connectivity index (χ4v) is 4.00. The Morgan fingerprint density at radius 3 is 2.50 bits per heavy atom. The van der Waals surface area contributed by atoms with Crippen molar-refractivity contribution >= 4 is 17.2 Å². The van der Waals surface area contributed by atoms with Gasteiger partial charge in [-0.05, 0) is 42.2 Å². The minimum Gasteiger partial charge on any atom is -0.356 e. The minimum absolute atomic E-state index is 0.0246. The van der Waals surface area contributed by atoms with Gasteiger partial charge in [0.05, 0.1) is 22.5 Å². The van der Waals surface area contributed by atoms with Gasteiger partial charge in [0.15, 0.2) is 5.78 Å². The van der Waals surface area contributed by atoms with E-state index in [1.807, 2.05) is 13.8 Å². The number of aromatic amines is 1. The minimum atomic E-state index is -3.33. The number of Topliss-reactive ketones (excluding diaryl/α,β-unsaturated/α-hetero) is 1. The summed E-state index contributed by atoms with van der Waals surface area (Å²) in [7, 11) is 0. The Hall–Kier alpha value is -3.09. The number of hydrogen-bond donors (Lipinski definition) is 2. The Kier molecular flexibility index (Phi) is 4.71. The van der Waals surface area contributed by atoms with Crippen LogP contribution in [0.4, 0.5) is 24.5 Å². The fraction of sp³-hybridized carbons (Fsp3) is 0.304. The van der Waals surface area contributed by atoms with Gasteiger partial charge in [0.25, 0.3) is 5.92 Å². The molecule has 2 aromatic heterocycles. The van der Waals surface area contributed by atoms with Gasteiger partial charge in [-0.1, -0.05) is 13.8 Å². The Bertz CT molecular complexity index is 1110. The lowest BCUT2D eigenvalue weighted by Crippen LogP contribution is -2.26. The lowest BCUT2D eigenvalue weighted by Gasteiger charge is -2.28. The van der Waals surface area contributed by atoms with Crippen LogP contribution in [0.1, 0.15) is 48.8 Å². The highest BCUT2D eigenvalue weighted by molar-refractivity contribution is 6.07. The molecule has 1 aromatic carbocycles. The van der Waals surface area contributed by atoms with Crippen molar-refractivity contribution in [1.29, 1.82) is 0 Å². The molecule has 1 aliphatic carbocycles. The van der Waals surface area contributed by atoms with Gasteiger partial charge in [-0.2, -0.15) is 0 Å². The number of carbonyl (C=O) groups is 1. The number of ketones is 1. The van der Waals surface area contributed by atoms with Gasteiger partial charge in [0, 0.05) is 42.7 Å². The molecular weight excluding hydrogens is 391 g/mol. The van der Waals surface area contributed by atoms with Crippen LogP contribution in [0.15, 0.2) is 42.7 Å². The molecule has 7 heteroatoms. The number of H-pyrrole nitrogens is 1.